The molecule has 0 saturated carbocycles. The van der Waals surface area contributed by atoms with E-state index in [1.807, 2.05) is 41.7 Å². The number of rotatable bonds is 2. The number of aryl methyl sites for hydroxylation is 1. The van der Waals surface area contributed by atoms with Gasteiger partial charge in [0.2, 0.25) is 0 Å². The first-order valence-electron chi connectivity index (χ1n) is 9.94. The number of para-hydroxylation sites is 2. The van der Waals surface area contributed by atoms with Gasteiger partial charge < -0.3 is 9.52 Å². The molecule has 0 fully saturated rings. The van der Waals surface area contributed by atoms with Gasteiger partial charge in [-0.15, -0.1) is 0 Å². The Labute approximate surface area is 173 Å². The average Bonchev–Trinajstić information content (AvgIpc) is 3.34. The van der Waals surface area contributed by atoms with Crippen molar-refractivity contribution in [3.63, 3.8) is 0 Å². The Hall–Kier alpha value is -3.43. The van der Waals surface area contributed by atoms with Crippen LogP contribution in [0.4, 0.5) is 0 Å². The number of aromatic nitrogens is 2. The van der Waals surface area contributed by atoms with E-state index in [9.17, 15) is 15.2 Å². The molecule has 6 nitrogen and oxygen atoms in total. The minimum atomic E-state index is -1.32. The van der Waals surface area contributed by atoms with Crippen LogP contribution in [-0.2, 0) is 11.2 Å². The van der Waals surface area contributed by atoms with Gasteiger partial charge in [0.15, 0.2) is 5.65 Å². The molecule has 6 heteroatoms. The summed E-state index contributed by atoms with van der Waals surface area (Å²) in [5, 5.41) is 21.4. The van der Waals surface area contributed by atoms with Crippen LogP contribution in [-0.4, -0.2) is 25.9 Å². The number of ketones is 1. The SMILES string of the molecule is CC(=O)C1C(c2ccco2)c2c(c(C#N)c3nc4ccccc4n3c2C)CC1(C)O. The molecule has 1 aromatic carbocycles. The molecule has 0 amide bonds. The van der Waals surface area contributed by atoms with Crippen molar-refractivity contribution in [1.29, 1.82) is 5.26 Å². The van der Waals surface area contributed by atoms with Gasteiger partial charge in [-0.25, -0.2) is 4.98 Å². The van der Waals surface area contributed by atoms with Gasteiger partial charge in [-0.2, -0.15) is 5.26 Å². The molecule has 3 heterocycles. The van der Waals surface area contributed by atoms with E-state index >= 15 is 0 Å². The highest BCUT2D eigenvalue weighted by molar-refractivity contribution is 5.86. The molecule has 3 aromatic heterocycles. The Morgan fingerprint density at radius 2 is 2.10 bits per heavy atom. The van der Waals surface area contributed by atoms with Gasteiger partial charge in [0, 0.05) is 12.1 Å². The number of pyridine rings is 1. The predicted octanol–water partition coefficient (Wildman–Crippen LogP) is 3.90. The summed E-state index contributed by atoms with van der Waals surface area (Å²) in [6.07, 6.45) is 1.77. The fraction of sp³-hybridized carbons (Fsp3) is 0.292. The number of hydrogen-bond donors (Lipinski definition) is 1. The van der Waals surface area contributed by atoms with E-state index in [0.29, 0.717) is 17.0 Å². The smallest absolute Gasteiger partial charge is 0.156 e. The number of Topliss-reactive ketones (excluding diaryl/α,β-unsaturated/α-hetero) is 1. The first-order valence-corrected chi connectivity index (χ1v) is 9.94. The van der Waals surface area contributed by atoms with Crippen molar-refractivity contribution in [1.82, 2.24) is 9.38 Å². The minimum absolute atomic E-state index is 0.111. The molecular weight excluding hydrogens is 378 g/mol. The van der Waals surface area contributed by atoms with E-state index < -0.39 is 17.4 Å². The van der Waals surface area contributed by atoms with Gasteiger partial charge in [0.25, 0.3) is 0 Å². The van der Waals surface area contributed by atoms with Crippen LogP contribution in [0.3, 0.4) is 0 Å². The maximum atomic E-state index is 12.7. The maximum Gasteiger partial charge on any atom is 0.156 e. The number of carbonyl (C=O) groups excluding carboxylic acids is 1. The topological polar surface area (TPSA) is 91.5 Å². The van der Waals surface area contributed by atoms with Crippen LogP contribution >= 0.6 is 0 Å². The largest absolute Gasteiger partial charge is 0.469 e. The Kier molecular flexibility index (Phi) is 3.89. The molecule has 0 aliphatic heterocycles. The molecule has 0 bridgehead atoms. The first kappa shape index (κ1) is 18.6. The summed E-state index contributed by atoms with van der Waals surface area (Å²) in [5.41, 5.74) is 3.89. The third kappa shape index (κ3) is 2.39. The number of aliphatic hydroxyl groups is 1. The first-order chi connectivity index (χ1) is 14.3. The lowest BCUT2D eigenvalue weighted by atomic mass is 9.63. The van der Waals surface area contributed by atoms with Gasteiger partial charge in [-0.05, 0) is 56.2 Å². The average molecular weight is 399 g/mol. The fourth-order valence-electron chi connectivity index (χ4n) is 5.30. The summed E-state index contributed by atoms with van der Waals surface area (Å²) in [5.74, 6) is -0.685. The van der Waals surface area contributed by atoms with Crippen molar-refractivity contribution >= 4 is 22.5 Å². The molecule has 1 aliphatic carbocycles. The van der Waals surface area contributed by atoms with E-state index in [0.717, 1.165) is 27.9 Å². The second-order valence-electron chi connectivity index (χ2n) is 8.34. The van der Waals surface area contributed by atoms with Crippen LogP contribution in [0.15, 0.2) is 47.1 Å². The summed E-state index contributed by atoms with van der Waals surface area (Å²) in [6, 6.07) is 13.7. The zero-order chi connectivity index (χ0) is 21.2. The molecule has 0 radical (unpaired) electrons. The molecular formula is C24H21N3O3. The molecule has 3 unspecified atom stereocenters. The van der Waals surface area contributed by atoms with Gasteiger partial charge in [-0.1, -0.05) is 12.1 Å². The number of nitriles is 1. The van der Waals surface area contributed by atoms with Crippen molar-refractivity contribution in [2.45, 2.75) is 38.7 Å². The van der Waals surface area contributed by atoms with E-state index in [1.165, 1.54) is 6.92 Å². The van der Waals surface area contributed by atoms with Crippen molar-refractivity contribution in [2.75, 3.05) is 0 Å². The number of furan rings is 1. The summed E-state index contributed by atoms with van der Waals surface area (Å²) >= 11 is 0. The fourth-order valence-corrected chi connectivity index (χ4v) is 5.30. The monoisotopic (exact) mass is 399 g/mol. The van der Waals surface area contributed by atoms with Crippen LogP contribution in [0.5, 0.6) is 0 Å². The standard InChI is InChI=1S/C24H21N3O3/c1-13-20-15(16(12-25)23-26-17-7-4-5-8-18(17)27(13)23)11-24(3,29)22(14(2)28)21(20)19-9-6-10-30-19/h4-10,21-22,29H,11H2,1-3H3. The second kappa shape index (κ2) is 6.28. The van der Waals surface area contributed by atoms with Gasteiger partial charge in [-0.3, -0.25) is 9.20 Å². The summed E-state index contributed by atoms with van der Waals surface area (Å²) < 4.78 is 7.73. The van der Waals surface area contributed by atoms with Crippen LogP contribution in [0, 0.1) is 24.2 Å². The number of benzene rings is 1. The third-order valence-electron chi connectivity index (χ3n) is 6.38. The highest BCUT2D eigenvalue weighted by Crippen LogP contribution is 2.49. The second-order valence-corrected chi connectivity index (χ2v) is 8.34. The normalized spacial score (nSPS) is 23.4. The summed E-state index contributed by atoms with van der Waals surface area (Å²) in [7, 11) is 0. The summed E-state index contributed by atoms with van der Waals surface area (Å²) in [6.45, 7) is 5.15. The van der Waals surface area contributed by atoms with Crippen molar-refractivity contribution in [3.05, 3.63) is 70.8 Å². The highest BCUT2D eigenvalue weighted by Gasteiger charge is 2.50. The Morgan fingerprint density at radius 3 is 2.77 bits per heavy atom. The van der Waals surface area contributed by atoms with Gasteiger partial charge >= 0.3 is 0 Å². The van der Waals surface area contributed by atoms with Crippen molar-refractivity contribution in [3.8, 4) is 6.07 Å². The number of carbonyl (C=O) groups is 1. The molecule has 1 N–H and O–H groups in total. The molecule has 5 rings (SSSR count). The minimum Gasteiger partial charge on any atom is -0.469 e. The van der Waals surface area contributed by atoms with E-state index in [4.69, 9.17) is 9.40 Å². The quantitative estimate of drug-likeness (QED) is 0.552. The van der Waals surface area contributed by atoms with Gasteiger partial charge in [0.1, 0.15) is 17.6 Å². The van der Waals surface area contributed by atoms with Crippen molar-refractivity contribution in [2.24, 2.45) is 5.92 Å². The number of imidazole rings is 1. The molecule has 1 aliphatic rings. The maximum absolute atomic E-state index is 12.7. The van der Waals surface area contributed by atoms with Crippen LogP contribution in [0.25, 0.3) is 16.7 Å². The van der Waals surface area contributed by atoms with Crippen LogP contribution < -0.4 is 0 Å². The van der Waals surface area contributed by atoms with Crippen molar-refractivity contribution < 1.29 is 14.3 Å². The number of nitrogens with zero attached hydrogens (tertiary/aromatic N) is 3. The number of hydrogen-bond acceptors (Lipinski definition) is 5. The van der Waals surface area contributed by atoms with E-state index in [2.05, 4.69) is 6.07 Å². The highest BCUT2D eigenvalue weighted by atomic mass is 16.3. The lowest BCUT2D eigenvalue weighted by Gasteiger charge is -2.42. The zero-order valence-electron chi connectivity index (χ0n) is 17.0. The van der Waals surface area contributed by atoms with E-state index in [1.54, 1.807) is 19.3 Å². The molecule has 3 atom stereocenters. The molecule has 0 spiro atoms. The van der Waals surface area contributed by atoms with Crippen LogP contribution in [0.1, 0.15) is 47.9 Å². The Bertz CT molecular complexity index is 1360. The lowest BCUT2D eigenvalue weighted by molar-refractivity contribution is -0.131. The van der Waals surface area contributed by atoms with Crippen LogP contribution in [0.2, 0.25) is 0 Å². The molecule has 0 saturated heterocycles. The van der Waals surface area contributed by atoms with E-state index in [-0.39, 0.29) is 12.2 Å². The lowest BCUT2D eigenvalue weighted by Crippen LogP contribution is -2.48. The Balaban J connectivity index is 1.97. The molecule has 150 valence electrons. The molecule has 30 heavy (non-hydrogen) atoms. The summed E-state index contributed by atoms with van der Waals surface area (Å²) in [4.78, 5) is 17.4. The number of fused-ring (bicyclic) bond motifs is 4. The zero-order valence-corrected chi connectivity index (χ0v) is 17.0. The van der Waals surface area contributed by atoms with Gasteiger partial charge in [0.05, 0.1) is 40.3 Å². The Morgan fingerprint density at radius 1 is 1.33 bits per heavy atom. The third-order valence-corrected chi connectivity index (χ3v) is 6.38. The predicted molar refractivity (Wildman–Crippen MR) is 111 cm³/mol. The molecule has 4 aromatic rings.